The van der Waals surface area contributed by atoms with Gasteiger partial charge in [0, 0.05) is 36.2 Å². The summed E-state index contributed by atoms with van der Waals surface area (Å²) in [6, 6.07) is 14.2. The van der Waals surface area contributed by atoms with Crippen molar-refractivity contribution in [3.05, 3.63) is 65.6 Å². The maximum absolute atomic E-state index is 13.9. The molecule has 0 amide bonds. The number of likely N-dealkylation sites (tertiary alicyclic amines) is 1. The zero-order valence-electron chi connectivity index (χ0n) is 19.4. The summed E-state index contributed by atoms with van der Waals surface area (Å²) in [5.41, 5.74) is 5.53. The predicted octanol–water partition coefficient (Wildman–Crippen LogP) is 5.43. The van der Waals surface area contributed by atoms with Crippen LogP contribution < -0.4 is 10.2 Å². The van der Waals surface area contributed by atoms with E-state index in [9.17, 15) is 4.39 Å². The van der Waals surface area contributed by atoms with Crippen molar-refractivity contribution in [1.82, 2.24) is 14.9 Å². The highest BCUT2D eigenvalue weighted by Crippen LogP contribution is 2.27. The molecule has 0 atom stereocenters. The molecule has 1 aromatic heterocycles. The van der Waals surface area contributed by atoms with Gasteiger partial charge in [-0.2, -0.15) is 0 Å². The Balaban J connectivity index is 1.49. The van der Waals surface area contributed by atoms with Gasteiger partial charge in [0.1, 0.15) is 5.82 Å². The van der Waals surface area contributed by atoms with Gasteiger partial charge in [0.05, 0.1) is 5.69 Å². The van der Waals surface area contributed by atoms with Gasteiger partial charge in [0.2, 0.25) is 5.95 Å². The number of nitrogens with one attached hydrogen (secondary N) is 1. The minimum atomic E-state index is -0.174. The molecule has 1 saturated heterocycles. The number of aryl methyl sites for hydroxylation is 2. The Morgan fingerprint density at radius 3 is 2.53 bits per heavy atom. The van der Waals surface area contributed by atoms with Crippen molar-refractivity contribution >= 4 is 17.3 Å². The average Bonchev–Trinajstić information content (AvgIpc) is 2.81. The van der Waals surface area contributed by atoms with E-state index in [4.69, 9.17) is 4.98 Å². The number of halogens is 1. The molecule has 0 spiro atoms. The van der Waals surface area contributed by atoms with E-state index in [-0.39, 0.29) is 5.82 Å². The highest BCUT2D eigenvalue weighted by atomic mass is 19.1. The van der Waals surface area contributed by atoms with Crippen molar-refractivity contribution in [2.75, 3.05) is 37.4 Å². The lowest BCUT2D eigenvalue weighted by atomic mass is 10.0. The van der Waals surface area contributed by atoms with E-state index in [0.29, 0.717) is 24.0 Å². The molecule has 168 valence electrons. The van der Waals surface area contributed by atoms with Crippen molar-refractivity contribution in [1.29, 1.82) is 0 Å². The van der Waals surface area contributed by atoms with Crippen LogP contribution >= 0.6 is 0 Å². The van der Waals surface area contributed by atoms with Crippen LogP contribution in [-0.2, 0) is 6.42 Å². The molecule has 3 aromatic rings. The molecule has 0 unspecified atom stereocenters. The molecule has 1 aliphatic rings. The van der Waals surface area contributed by atoms with E-state index in [1.54, 1.807) is 6.07 Å². The first-order chi connectivity index (χ1) is 15.4. The number of piperidine rings is 1. The zero-order chi connectivity index (χ0) is 22.7. The third-order valence-electron chi connectivity index (χ3n) is 6.44. The van der Waals surface area contributed by atoms with E-state index >= 15 is 0 Å². The lowest BCUT2D eigenvalue weighted by Gasteiger charge is -2.36. The van der Waals surface area contributed by atoms with Gasteiger partial charge in [-0.15, -0.1) is 0 Å². The normalized spacial score (nSPS) is 15.0. The second-order valence-electron chi connectivity index (χ2n) is 8.70. The van der Waals surface area contributed by atoms with Crippen molar-refractivity contribution < 1.29 is 4.39 Å². The van der Waals surface area contributed by atoms with Crippen LogP contribution in [0.25, 0.3) is 11.3 Å². The fraction of sp³-hybridized carbons (Fsp3) is 0.385. The van der Waals surface area contributed by atoms with Crippen molar-refractivity contribution in [2.45, 2.75) is 39.2 Å². The molecule has 5 nitrogen and oxygen atoms in total. The SMILES string of the molecule is CCc1cc(-c2nc(Nc3ccc(N(C)C4CCN(C)CC4)cc3)ncc2C)ccc1F. The van der Waals surface area contributed by atoms with Crippen LogP contribution in [0.2, 0.25) is 0 Å². The molecule has 6 heteroatoms. The fourth-order valence-electron chi connectivity index (χ4n) is 4.29. The third kappa shape index (κ3) is 4.91. The molecule has 2 heterocycles. The van der Waals surface area contributed by atoms with Crippen LogP contribution in [0, 0.1) is 12.7 Å². The molecule has 0 saturated carbocycles. The molecular formula is C26H32FN5. The Morgan fingerprint density at radius 2 is 1.84 bits per heavy atom. The van der Waals surface area contributed by atoms with Gasteiger partial charge in [-0.1, -0.05) is 6.92 Å². The molecule has 32 heavy (non-hydrogen) atoms. The number of rotatable bonds is 6. The first-order valence-electron chi connectivity index (χ1n) is 11.4. The summed E-state index contributed by atoms with van der Waals surface area (Å²) in [6.07, 6.45) is 4.83. The van der Waals surface area contributed by atoms with Gasteiger partial charge in [0.15, 0.2) is 0 Å². The number of hydrogen-bond acceptors (Lipinski definition) is 5. The van der Waals surface area contributed by atoms with E-state index in [1.165, 1.54) is 24.6 Å². The van der Waals surface area contributed by atoms with Crippen LogP contribution in [0.5, 0.6) is 0 Å². The number of benzene rings is 2. The third-order valence-corrected chi connectivity index (χ3v) is 6.44. The van der Waals surface area contributed by atoms with Crippen molar-refractivity contribution in [2.24, 2.45) is 0 Å². The summed E-state index contributed by atoms with van der Waals surface area (Å²) in [7, 11) is 4.37. The first-order valence-corrected chi connectivity index (χ1v) is 11.4. The summed E-state index contributed by atoms with van der Waals surface area (Å²) in [5, 5.41) is 3.31. The van der Waals surface area contributed by atoms with Gasteiger partial charge in [-0.25, -0.2) is 14.4 Å². The summed E-state index contributed by atoms with van der Waals surface area (Å²) in [5.74, 6) is 0.357. The number of aromatic nitrogens is 2. The largest absolute Gasteiger partial charge is 0.372 e. The highest BCUT2D eigenvalue weighted by Gasteiger charge is 2.20. The summed E-state index contributed by atoms with van der Waals surface area (Å²) < 4.78 is 13.9. The van der Waals surface area contributed by atoms with Crippen LogP contribution in [0.3, 0.4) is 0 Å². The lowest BCUT2D eigenvalue weighted by Crippen LogP contribution is -2.41. The Labute approximate surface area is 190 Å². The van der Waals surface area contributed by atoms with Gasteiger partial charge >= 0.3 is 0 Å². The standard InChI is InChI=1S/C26H32FN5/c1-5-19-16-20(6-11-24(19)27)25-18(2)17-28-26(30-25)29-21-7-9-22(10-8-21)32(4)23-12-14-31(3)15-13-23/h6-11,16-17,23H,5,12-15H2,1-4H3,(H,28,29,30). The van der Waals surface area contributed by atoms with E-state index in [2.05, 4.69) is 58.5 Å². The van der Waals surface area contributed by atoms with Crippen LogP contribution in [0.15, 0.2) is 48.7 Å². The monoisotopic (exact) mass is 433 g/mol. The second kappa shape index (κ2) is 9.65. The Kier molecular flexibility index (Phi) is 6.70. The van der Waals surface area contributed by atoms with Gasteiger partial charge < -0.3 is 15.1 Å². The smallest absolute Gasteiger partial charge is 0.227 e. The Morgan fingerprint density at radius 1 is 1.12 bits per heavy atom. The molecular weight excluding hydrogens is 401 g/mol. The maximum atomic E-state index is 13.9. The first kappa shape index (κ1) is 22.2. The van der Waals surface area contributed by atoms with E-state index in [1.807, 2.05) is 26.1 Å². The molecule has 1 fully saturated rings. The molecule has 1 aliphatic heterocycles. The number of nitrogens with zero attached hydrogens (tertiary/aromatic N) is 4. The van der Waals surface area contributed by atoms with Crippen LogP contribution in [0.1, 0.15) is 30.9 Å². The molecule has 1 N–H and O–H groups in total. The highest BCUT2D eigenvalue weighted by molar-refractivity contribution is 5.66. The average molecular weight is 434 g/mol. The van der Waals surface area contributed by atoms with Crippen molar-refractivity contribution in [3.8, 4) is 11.3 Å². The van der Waals surface area contributed by atoms with Gasteiger partial charge in [-0.05, 0) is 99.9 Å². The van der Waals surface area contributed by atoms with E-state index in [0.717, 1.165) is 35.6 Å². The number of anilines is 3. The molecule has 0 radical (unpaired) electrons. The Hall–Kier alpha value is -2.99. The van der Waals surface area contributed by atoms with Gasteiger partial charge in [0.25, 0.3) is 0 Å². The fourth-order valence-corrected chi connectivity index (χ4v) is 4.29. The van der Waals surface area contributed by atoms with E-state index < -0.39 is 0 Å². The molecule has 2 aromatic carbocycles. The van der Waals surface area contributed by atoms with Crippen molar-refractivity contribution in [3.63, 3.8) is 0 Å². The minimum absolute atomic E-state index is 0.174. The lowest BCUT2D eigenvalue weighted by molar-refractivity contribution is 0.253. The maximum Gasteiger partial charge on any atom is 0.227 e. The minimum Gasteiger partial charge on any atom is -0.372 e. The zero-order valence-corrected chi connectivity index (χ0v) is 19.4. The summed E-state index contributed by atoms with van der Waals surface area (Å²) in [4.78, 5) is 13.9. The topological polar surface area (TPSA) is 44.3 Å². The Bertz CT molecular complexity index is 1060. The summed E-state index contributed by atoms with van der Waals surface area (Å²) in [6.45, 7) is 6.22. The number of hydrogen-bond donors (Lipinski definition) is 1. The van der Waals surface area contributed by atoms with Crippen LogP contribution in [-0.4, -0.2) is 48.1 Å². The van der Waals surface area contributed by atoms with Gasteiger partial charge in [-0.3, -0.25) is 0 Å². The second-order valence-corrected chi connectivity index (χ2v) is 8.70. The summed E-state index contributed by atoms with van der Waals surface area (Å²) >= 11 is 0. The molecule has 0 bridgehead atoms. The van der Waals surface area contributed by atoms with Crippen LogP contribution in [0.4, 0.5) is 21.7 Å². The predicted molar refractivity (Wildman–Crippen MR) is 130 cm³/mol. The quantitative estimate of drug-likeness (QED) is 0.562. The molecule has 4 rings (SSSR count). The molecule has 0 aliphatic carbocycles.